The van der Waals surface area contributed by atoms with Gasteiger partial charge in [-0.2, -0.15) is 5.10 Å². The van der Waals surface area contributed by atoms with E-state index in [9.17, 15) is 0 Å². The van der Waals surface area contributed by atoms with E-state index in [0.717, 1.165) is 23.4 Å². The van der Waals surface area contributed by atoms with Crippen LogP contribution in [-0.2, 0) is 7.05 Å². The lowest BCUT2D eigenvalue weighted by molar-refractivity contribution is 0.785. The molecule has 0 unspecified atom stereocenters. The van der Waals surface area contributed by atoms with Crippen LogP contribution in [0.1, 0.15) is 13.8 Å². The molecule has 2 aromatic rings. The molecule has 0 atom stereocenters. The van der Waals surface area contributed by atoms with Crippen molar-refractivity contribution in [3.63, 3.8) is 0 Å². The average Bonchev–Trinajstić information content (AvgIpc) is 2.61. The molecular formula is C11H15N5. The van der Waals surface area contributed by atoms with Crippen molar-refractivity contribution in [2.24, 2.45) is 7.05 Å². The van der Waals surface area contributed by atoms with Gasteiger partial charge < -0.3 is 5.32 Å². The van der Waals surface area contributed by atoms with E-state index in [4.69, 9.17) is 0 Å². The molecule has 16 heavy (non-hydrogen) atoms. The first-order chi connectivity index (χ1) is 7.68. The van der Waals surface area contributed by atoms with Gasteiger partial charge in [-0.15, -0.1) is 0 Å². The third-order valence-corrected chi connectivity index (χ3v) is 2.31. The van der Waals surface area contributed by atoms with Crippen LogP contribution in [0.3, 0.4) is 0 Å². The highest BCUT2D eigenvalue weighted by molar-refractivity contribution is 5.85. The lowest BCUT2D eigenvalue weighted by Gasteiger charge is -2.03. The third-order valence-electron chi connectivity index (χ3n) is 2.31. The molecule has 84 valence electrons. The number of hydrogen-bond acceptors (Lipinski definition) is 4. The van der Waals surface area contributed by atoms with E-state index in [1.165, 1.54) is 5.57 Å². The van der Waals surface area contributed by atoms with Crippen molar-refractivity contribution in [2.75, 3.05) is 11.9 Å². The number of rotatable bonds is 3. The molecule has 0 saturated carbocycles. The van der Waals surface area contributed by atoms with Gasteiger partial charge in [-0.25, -0.2) is 9.97 Å². The Morgan fingerprint density at radius 3 is 3.00 bits per heavy atom. The average molecular weight is 217 g/mol. The van der Waals surface area contributed by atoms with E-state index in [1.807, 2.05) is 7.05 Å². The van der Waals surface area contributed by atoms with E-state index >= 15 is 0 Å². The van der Waals surface area contributed by atoms with Crippen LogP contribution in [0.15, 0.2) is 24.2 Å². The van der Waals surface area contributed by atoms with Gasteiger partial charge in [-0.05, 0) is 13.8 Å². The smallest absolute Gasteiger partial charge is 0.163 e. The molecule has 0 aliphatic carbocycles. The zero-order valence-electron chi connectivity index (χ0n) is 9.73. The summed E-state index contributed by atoms with van der Waals surface area (Å²) in [4.78, 5) is 8.39. The maximum Gasteiger partial charge on any atom is 0.163 e. The molecule has 0 amide bonds. The Bertz CT molecular complexity index is 522. The largest absolute Gasteiger partial charge is 0.366 e. The van der Waals surface area contributed by atoms with Gasteiger partial charge >= 0.3 is 0 Å². The SMILES string of the molecule is CC(C)=CCNc1ncnc2c1cnn2C. The number of allylic oxidation sites excluding steroid dienone is 1. The van der Waals surface area contributed by atoms with Gasteiger partial charge in [0.05, 0.1) is 11.6 Å². The maximum absolute atomic E-state index is 4.21. The van der Waals surface area contributed by atoms with Crippen LogP contribution in [-0.4, -0.2) is 26.3 Å². The molecule has 0 saturated heterocycles. The second-order valence-corrected chi connectivity index (χ2v) is 3.89. The van der Waals surface area contributed by atoms with E-state index < -0.39 is 0 Å². The van der Waals surface area contributed by atoms with Crippen molar-refractivity contribution < 1.29 is 0 Å². The second-order valence-electron chi connectivity index (χ2n) is 3.89. The summed E-state index contributed by atoms with van der Waals surface area (Å²) in [6, 6.07) is 0. The van der Waals surface area contributed by atoms with E-state index in [1.54, 1.807) is 17.2 Å². The predicted molar refractivity (Wildman–Crippen MR) is 64.2 cm³/mol. The fraction of sp³-hybridized carbons (Fsp3) is 0.364. The minimum atomic E-state index is 0.767. The number of nitrogens with one attached hydrogen (secondary N) is 1. The Balaban J connectivity index is 2.27. The molecule has 5 heteroatoms. The van der Waals surface area contributed by atoms with Crippen LogP contribution in [0, 0.1) is 0 Å². The summed E-state index contributed by atoms with van der Waals surface area (Å²) in [5.41, 5.74) is 2.12. The molecule has 1 N–H and O–H groups in total. The van der Waals surface area contributed by atoms with Gasteiger partial charge in [0.25, 0.3) is 0 Å². The van der Waals surface area contributed by atoms with E-state index in [0.29, 0.717) is 0 Å². The molecular weight excluding hydrogens is 202 g/mol. The summed E-state index contributed by atoms with van der Waals surface area (Å²) in [5, 5.41) is 8.36. The molecule has 2 aromatic heterocycles. The molecule has 0 spiro atoms. The van der Waals surface area contributed by atoms with Gasteiger partial charge in [0.15, 0.2) is 5.65 Å². The van der Waals surface area contributed by atoms with Crippen molar-refractivity contribution in [2.45, 2.75) is 13.8 Å². The topological polar surface area (TPSA) is 55.6 Å². The maximum atomic E-state index is 4.21. The molecule has 5 nitrogen and oxygen atoms in total. The van der Waals surface area contributed by atoms with Crippen molar-refractivity contribution in [3.05, 3.63) is 24.2 Å². The Labute approximate surface area is 94.2 Å². The van der Waals surface area contributed by atoms with Gasteiger partial charge in [-0.3, -0.25) is 4.68 Å². The van der Waals surface area contributed by atoms with Crippen molar-refractivity contribution in [1.82, 2.24) is 19.7 Å². The molecule has 2 heterocycles. The first-order valence-electron chi connectivity index (χ1n) is 5.18. The highest BCUT2D eigenvalue weighted by Crippen LogP contribution is 2.17. The minimum absolute atomic E-state index is 0.767. The fourth-order valence-corrected chi connectivity index (χ4v) is 1.45. The van der Waals surface area contributed by atoms with Crippen LogP contribution in [0.5, 0.6) is 0 Å². The molecule has 0 fully saturated rings. The summed E-state index contributed by atoms with van der Waals surface area (Å²) in [6.07, 6.45) is 5.44. The second kappa shape index (κ2) is 4.30. The third kappa shape index (κ3) is 2.03. The highest BCUT2D eigenvalue weighted by Gasteiger charge is 2.05. The molecule has 2 rings (SSSR count). The molecule has 0 radical (unpaired) electrons. The normalized spacial score (nSPS) is 10.4. The standard InChI is InChI=1S/C11H15N5/c1-8(2)4-5-12-10-9-6-15-16(3)11(9)14-7-13-10/h4,6-7H,5H2,1-3H3,(H,12,13,14). The quantitative estimate of drug-likeness (QED) is 0.796. The summed E-state index contributed by atoms with van der Waals surface area (Å²) in [5.74, 6) is 0.829. The van der Waals surface area contributed by atoms with Crippen LogP contribution in [0.4, 0.5) is 5.82 Å². The van der Waals surface area contributed by atoms with Crippen molar-refractivity contribution in [3.8, 4) is 0 Å². The Morgan fingerprint density at radius 1 is 1.44 bits per heavy atom. The van der Waals surface area contributed by atoms with Crippen LogP contribution >= 0.6 is 0 Å². The first-order valence-corrected chi connectivity index (χ1v) is 5.18. The van der Waals surface area contributed by atoms with Gasteiger partial charge in [0.1, 0.15) is 12.1 Å². The first kappa shape index (κ1) is 10.6. The van der Waals surface area contributed by atoms with Crippen LogP contribution in [0.2, 0.25) is 0 Å². The van der Waals surface area contributed by atoms with Crippen molar-refractivity contribution >= 4 is 16.9 Å². The van der Waals surface area contributed by atoms with Gasteiger partial charge in [0.2, 0.25) is 0 Å². The number of aromatic nitrogens is 4. The molecule has 0 aliphatic rings. The van der Waals surface area contributed by atoms with E-state index in [-0.39, 0.29) is 0 Å². The Morgan fingerprint density at radius 2 is 2.25 bits per heavy atom. The number of hydrogen-bond donors (Lipinski definition) is 1. The zero-order chi connectivity index (χ0) is 11.5. The molecule has 0 aliphatic heterocycles. The minimum Gasteiger partial charge on any atom is -0.366 e. The lowest BCUT2D eigenvalue weighted by Crippen LogP contribution is -2.02. The fourth-order valence-electron chi connectivity index (χ4n) is 1.45. The highest BCUT2D eigenvalue weighted by atomic mass is 15.3. The number of fused-ring (bicyclic) bond motifs is 1. The van der Waals surface area contributed by atoms with Crippen molar-refractivity contribution in [1.29, 1.82) is 0 Å². The predicted octanol–water partition coefficient (Wildman–Crippen LogP) is 1.74. The van der Waals surface area contributed by atoms with Gasteiger partial charge in [-0.1, -0.05) is 11.6 Å². The zero-order valence-corrected chi connectivity index (χ0v) is 9.73. The van der Waals surface area contributed by atoms with Gasteiger partial charge in [0, 0.05) is 13.6 Å². The monoisotopic (exact) mass is 217 g/mol. The summed E-state index contributed by atoms with van der Waals surface area (Å²) < 4.78 is 1.74. The summed E-state index contributed by atoms with van der Waals surface area (Å²) in [6.45, 7) is 4.91. The summed E-state index contributed by atoms with van der Waals surface area (Å²) >= 11 is 0. The molecule has 0 bridgehead atoms. The summed E-state index contributed by atoms with van der Waals surface area (Å²) in [7, 11) is 1.87. The van der Waals surface area contributed by atoms with E-state index in [2.05, 4.69) is 40.3 Å². The number of anilines is 1. The lowest BCUT2D eigenvalue weighted by atomic mass is 10.3. The van der Waals surface area contributed by atoms with Crippen LogP contribution in [0.25, 0.3) is 11.0 Å². The number of aryl methyl sites for hydroxylation is 1. The Kier molecular flexibility index (Phi) is 2.85. The van der Waals surface area contributed by atoms with Crippen LogP contribution < -0.4 is 5.32 Å². The number of nitrogens with zero attached hydrogens (tertiary/aromatic N) is 4. The Hall–Kier alpha value is -1.91. The molecule has 0 aromatic carbocycles.